The summed E-state index contributed by atoms with van der Waals surface area (Å²) in [6, 6.07) is -0.542. The Morgan fingerprint density at radius 3 is 2.38 bits per heavy atom. The number of piperidine rings is 1. The van der Waals surface area contributed by atoms with E-state index in [4.69, 9.17) is 0 Å². The molecule has 9 heteroatoms. The van der Waals surface area contributed by atoms with Gasteiger partial charge in [-0.2, -0.15) is 13.2 Å². The molecule has 4 amide bonds. The van der Waals surface area contributed by atoms with Crippen LogP contribution in [-0.4, -0.2) is 47.6 Å². The van der Waals surface area contributed by atoms with Crippen molar-refractivity contribution in [1.82, 2.24) is 15.5 Å². The van der Waals surface area contributed by atoms with Gasteiger partial charge in [0, 0.05) is 19.0 Å². The molecule has 134 valence electrons. The van der Waals surface area contributed by atoms with Gasteiger partial charge in [-0.05, 0) is 32.1 Å². The number of imide groups is 1. The Morgan fingerprint density at radius 2 is 1.83 bits per heavy atom. The third-order valence-electron chi connectivity index (χ3n) is 5.43. The maximum Gasteiger partial charge on any atom is 0.391 e. The normalized spacial score (nSPS) is 30.2. The van der Waals surface area contributed by atoms with Crippen LogP contribution < -0.4 is 10.6 Å². The fraction of sp³-hybridized carbons (Fsp3) is 0.800. The molecular formula is C15H20F3N3O3. The molecule has 0 radical (unpaired) electrons. The molecule has 6 nitrogen and oxygen atoms in total. The molecule has 2 heterocycles. The second-order valence-corrected chi connectivity index (χ2v) is 6.92. The van der Waals surface area contributed by atoms with Crippen molar-refractivity contribution in [2.24, 2.45) is 11.8 Å². The SMILES string of the molecule is O=C1NC(=O)C2(CCN(C(=O)[C@H]3CCC[C@@H](C(F)(F)F)C3)CC2)N1. The third kappa shape index (κ3) is 3.08. The number of hydrogen-bond acceptors (Lipinski definition) is 3. The highest BCUT2D eigenvalue weighted by Gasteiger charge is 2.49. The molecule has 1 aliphatic carbocycles. The number of carbonyl (C=O) groups excluding carboxylic acids is 3. The molecule has 2 aliphatic heterocycles. The Kier molecular flexibility index (Phi) is 4.21. The van der Waals surface area contributed by atoms with E-state index in [1.54, 1.807) is 0 Å². The number of alkyl halides is 3. The molecule has 1 saturated carbocycles. The van der Waals surface area contributed by atoms with Gasteiger partial charge in [-0.3, -0.25) is 14.9 Å². The van der Waals surface area contributed by atoms with Crippen LogP contribution in [0.4, 0.5) is 18.0 Å². The summed E-state index contributed by atoms with van der Waals surface area (Å²) in [5.41, 5.74) is -0.977. The van der Waals surface area contributed by atoms with E-state index in [9.17, 15) is 27.6 Å². The number of rotatable bonds is 1. The van der Waals surface area contributed by atoms with E-state index in [-0.39, 0.29) is 44.7 Å². The van der Waals surface area contributed by atoms with Crippen LogP contribution in [0, 0.1) is 11.8 Å². The number of amides is 4. The summed E-state index contributed by atoms with van der Waals surface area (Å²) in [6.07, 6.45) is -2.88. The minimum absolute atomic E-state index is 0.0859. The summed E-state index contributed by atoms with van der Waals surface area (Å²) < 4.78 is 38.7. The first-order valence-electron chi connectivity index (χ1n) is 8.20. The minimum atomic E-state index is -4.25. The van der Waals surface area contributed by atoms with Gasteiger partial charge >= 0.3 is 12.2 Å². The molecule has 2 N–H and O–H groups in total. The molecule has 0 aromatic heterocycles. The Balaban J connectivity index is 1.59. The smallest absolute Gasteiger partial charge is 0.342 e. The Bertz CT molecular complexity index is 556. The largest absolute Gasteiger partial charge is 0.391 e. The number of nitrogens with one attached hydrogen (secondary N) is 2. The van der Waals surface area contributed by atoms with E-state index in [1.807, 2.05) is 0 Å². The lowest BCUT2D eigenvalue weighted by molar-refractivity contribution is -0.187. The van der Waals surface area contributed by atoms with Crippen LogP contribution in [0.3, 0.4) is 0 Å². The summed E-state index contributed by atoms with van der Waals surface area (Å²) in [5, 5.41) is 4.79. The Labute approximate surface area is 137 Å². The number of likely N-dealkylation sites (tertiary alicyclic amines) is 1. The van der Waals surface area contributed by atoms with Gasteiger partial charge in [-0.1, -0.05) is 6.42 Å². The first-order chi connectivity index (χ1) is 11.2. The summed E-state index contributed by atoms with van der Waals surface area (Å²) >= 11 is 0. The monoisotopic (exact) mass is 347 g/mol. The van der Waals surface area contributed by atoms with Crippen LogP contribution in [-0.2, 0) is 9.59 Å². The van der Waals surface area contributed by atoms with Crippen LogP contribution in [0.1, 0.15) is 38.5 Å². The average Bonchev–Trinajstić information content (AvgIpc) is 2.80. The highest BCUT2D eigenvalue weighted by atomic mass is 19.4. The van der Waals surface area contributed by atoms with E-state index in [0.29, 0.717) is 12.8 Å². The summed E-state index contributed by atoms with van der Waals surface area (Å²) in [7, 11) is 0. The minimum Gasteiger partial charge on any atom is -0.342 e. The van der Waals surface area contributed by atoms with Crippen LogP contribution >= 0.6 is 0 Å². The number of halogens is 3. The molecule has 3 fully saturated rings. The molecular weight excluding hydrogens is 327 g/mol. The van der Waals surface area contributed by atoms with Crippen molar-refractivity contribution in [1.29, 1.82) is 0 Å². The summed E-state index contributed by atoms with van der Waals surface area (Å²) in [4.78, 5) is 37.2. The van der Waals surface area contributed by atoms with Crippen molar-refractivity contribution in [2.75, 3.05) is 13.1 Å². The zero-order chi connectivity index (χ0) is 17.5. The van der Waals surface area contributed by atoms with Crippen molar-refractivity contribution in [3.63, 3.8) is 0 Å². The lowest BCUT2D eigenvalue weighted by Gasteiger charge is -2.39. The summed E-state index contributed by atoms with van der Waals surface area (Å²) in [6.45, 7) is 0.527. The topological polar surface area (TPSA) is 78.5 Å². The molecule has 0 aromatic rings. The fourth-order valence-corrected chi connectivity index (χ4v) is 3.96. The lowest BCUT2D eigenvalue weighted by atomic mass is 9.79. The van der Waals surface area contributed by atoms with E-state index in [0.717, 1.165) is 0 Å². The van der Waals surface area contributed by atoms with Crippen molar-refractivity contribution < 1.29 is 27.6 Å². The maximum atomic E-state index is 12.9. The second kappa shape index (κ2) is 5.93. The first-order valence-corrected chi connectivity index (χ1v) is 8.20. The van der Waals surface area contributed by atoms with Crippen molar-refractivity contribution in [3.05, 3.63) is 0 Å². The highest BCUT2D eigenvalue weighted by Crippen LogP contribution is 2.40. The van der Waals surface area contributed by atoms with Gasteiger partial charge in [-0.25, -0.2) is 4.79 Å². The van der Waals surface area contributed by atoms with Crippen LogP contribution in [0.25, 0.3) is 0 Å². The number of hydrogen-bond donors (Lipinski definition) is 2. The van der Waals surface area contributed by atoms with E-state index in [2.05, 4.69) is 10.6 Å². The molecule has 3 rings (SSSR count). The standard InChI is InChI=1S/C15H20F3N3O3/c16-15(17,18)10-3-1-2-9(8-10)11(22)21-6-4-14(5-7-21)12(23)19-13(24)20-14/h9-10H,1-8H2,(H2,19,20,23,24)/t9-,10+/m0/s1. The molecule has 0 unspecified atom stereocenters. The van der Waals surface area contributed by atoms with Crippen molar-refractivity contribution in [3.8, 4) is 0 Å². The third-order valence-corrected chi connectivity index (χ3v) is 5.43. The zero-order valence-corrected chi connectivity index (χ0v) is 13.1. The van der Waals surface area contributed by atoms with Gasteiger partial charge in [0.2, 0.25) is 5.91 Å². The van der Waals surface area contributed by atoms with E-state index < -0.39 is 35.5 Å². The second-order valence-electron chi connectivity index (χ2n) is 6.92. The van der Waals surface area contributed by atoms with Gasteiger partial charge in [0.15, 0.2) is 0 Å². The molecule has 2 saturated heterocycles. The highest BCUT2D eigenvalue weighted by molar-refractivity contribution is 6.07. The molecule has 1 spiro atoms. The van der Waals surface area contributed by atoms with Gasteiger partial charge in [0.05, 0.1) is 5.92 Å². The quantitative estimate of drug-likeness (QED) is 0.707. The zero-order valence-electron chi connectivity index (χ0n) is 13.1. The van der Waals surface area contributed by atoms with E-state index in [1.165, 1.54) is 4.90 Å². The number of nitrogens with zero attached hydrogens (tertiary/aromatic N) is 1. The van der Waals surface area contributed by atoms with Gasteiger partial charge in [0.1, 0.15) is 5.54 Å². The molecule has 3 aliphatic rings. The first kappa shape index (κ1) is 17.0. The van der Waals surface area contributed by atoms with Crippen LogP contribution in [0.15, 0.2) is 0 Å². The van der Waals surface area contributed by atoms with Gasteiger partial charge in [0.25, 0.3) is 5.91 Å². The Hall–Kier alpha value is -1.80. The fourth-order valence-electron chi connectivity index (χ4n) is 3.96. The number of urea groups is 1. The molecule has 24 heavy (non-hydrogen) atoms. The average molecular weight is 347 g/mol. The molecule has 0 aromatic carbocycles. The van der Waals surface area contributed by atoms with Crippen LogP contribution in [0.5, 0.6) is 0 Å². The van der Waals surface area contributed by atoms with E-state index >= 15 is 0 Å². The molecule has 0 bridgehead atoms. The lowest BCUT2D eigenvalue weighted by Crippen LogP contribution is -2.56. The van der Waals surface area contributed by atoms with Gasteiger partial charge < -0.3 is 10.2 Å². The van der Waals surface area contributed by atoms with Crippen molar-refractivity contribution in [2.45, 2.75) is 50.2 Å². The predicted octanol–water partition coefficient (Wildman–Crippen LogP) is 1.56. The van der Waals surface area contributed by atoms with Crippen LogP contribution in [0.2, 0.25) is 0 Å². The number of carbonyl (C=O) groups is 3. The van der Waals surface area contributed by atoms with Gasteiger partial charge in [-0.15, -0.1) is 0 Å². The Morgan fingerprint density at radius 1 is 1.17 bits per heavy atom. The predicted molar refractivity (Wildman–Crippen MR) is 76.7 cm³/mol. The summed E-state index contributed by atoms with van der Waals surface area (Å²) in [5.74, 6) is -2.67. The maximum absolute atomic E-state index is 12.9. The van der Waals surface area contributed by atoms with Crippen molar-refractivity contribution >= 4 is 17.8 Å². The molecule has 2 atom stereocenters.